The summed E-state index contributed by atoms with van der Waals surface area (Å²) < 4.78 is 5.17. The maximum absolute atomic E-state index is 13.0. The predicted octanol–water partition coefficient (Wildman–Crippen LogP) is 2.64. The van der Waals surface area contributed by atoms with Crippen molar-refractivity contribution in [2.24, 2.45) is 0 Å². The minimum Gasteiger partial charge on any atom is -0.497 e. The van der Waals surface area contributed by atoms with Crippen LogP contribution < -0.4 is 20.7 Å². The molecule has 33 heavy (non-hydrogen) atoms. The lowest BCUT2D eigenvalue weighted by molar-refractivity contribution is -0.151. The van der Waals surface area contributed by atoms with Gasteiger partial charge < -0.3 is 25.6 Å². The number of methoxy groups -OCH3 is 1. The number of ether oxygens (including phenoxy) is 1. The lowest BCUT2D eigenvalue weighted by atomic mass is 9.91. The first-order valence-corrected chi connectivity index (χ1v) is 12.1. The Hall–Kier alpha value is -3.20. The van der Waals surface area contributed by atoms with Crippen molar-refractivity contribution in [3.8, 4) is 5.75 Å². The molecule has 174 valence electrons. The van der Waals surface area contributed by atoms with E-state index in [1.165, 1.54) is 0 Å². The first-order valence-electron chi connectivity index (χ1n) is 10.9. The van der Waals surface area contributed by atoms with Crippen LogP contribution in [0.25, 0.3) is 0 Å². The van der Waals surface area contributed by atoms with E-state index < -0.39 is 12.1 Å². The zero-order chi connectivity index (χ0) is 23.4. The van der Waals surface area contributed by atoms with Gasteiger partial charge in [0.15, 0.2) is 0 Å². The van der Waals surface area contributed by atoms with Gasteiger partial charge in [0, 0.05) is 29.6 Å². The zero-order valence-electron chi connectivity index (χ0n) is 18.7. The van der Waals surface area contributed by atoms with Gasteiger partial charge in [0.05, 0.1) is 7.11 Å². The van der Waals surface area contributed by atoms with Gasteiger partial charge in [-0.3, -0.25) is 9.59 Å². The van der Waals surface area contributed by atoms with Crippen LogP contribution in [0.3, 0.4) is 0 Å². The molecule has 0 radical (unpaired) electrons. The van der Waals surface area contributed by atoms with Crippen molar-refractivity contribution >= 4 is 35.3 Å². The molecule has 9 heteroatoms. The number of piperidine rings is 1. The van der Waals surface area contributed by atoms with Gasteiger partial charge >= 0.3 is 6.03 Å². The fraction of sp³-hybridized carbons (Fsp3) is 0.375. The van der Waals surface area contributed by atoms with Crippen LogP contribution in [0.1, 0.15) is 18.4 Å². The van der Waals surface area contributed by atoms with Gasteiger partial charge in [-0.15, -0.1) is 11.8 Å². The molecule has 2 saturated heterocycles. The third-order valence-corrected chi connectivity index (χ3v) is 6.79. The average molecular weight is 469 g/mol. The third-order valence-electron chi connectivity index (χ3n) is 6.06. The largest absolute Gasteiger partial charge is 0.497 e. The van der Waals surface area contributed by atoms with Crippen molar-refractivity contribution in [1.29, 1.82) is 0 Å². The number of hydrogen-bond donors (Lipinski definition) is 3. The molecule has 0 saturated carbocycles. The standard InChI is InChI=1S/C24H28N4O4S/c1-32-18-8-6-15(7-9-18)12-20-23(30)28-11-10-17(14-21(28)22(29)27-20)26-24(31)25-16-4-3-5-19(13-16)33-2/h3-9,13,17,20-21H,10-12,14H2,1-2H3,(H,27,29)(H2,25,26,31). The number of hydrogen-bond acceptors (Lipinski definition) is 5. The maximum atomic E-state index is 13.0. The normalized spacial score (nSPS) is 22.2. The lowest BCUT2D eigenvalue weighted by Crippen LogP contribution is -2.67. The Bertz CT molecular complexity index is 1030. The second-order valence-corrected chi connectivity index (χ2v) is 9.09. The molecular weight excluding hydrogens is 440 g/mol. The number of benzene rings is 2. The first kappa shape index (κ1) is 23.0. The summed E-state index contributed by atoms with van der Waals surface area (Å²) in [6.07, 6.45) is 3.40. The van der Waals surface area contributed by atoms with Gasteiger partial charge in [0.1, 0.15) is 17.8 Å². The molecule has 2 fully saturated rings. The number of anilines is 1. The molecular formula is C24H28N4O4S. The molecule has 0 spiro atoms. The van der Waals surface area contributed by atoms with Gasteiger partial charge in [0.25, 0.3) is 0 Å². The van der Waals surface area contributed by atoms with Gasteiger partial charge in [0.2, 0.25) is 11.8 Å². The Morgan fingerprint density at radius 3 is 2.73 bits per heavy atom. The fourth-order valence-electron chi connectivity index (χ4n) is 4.33. The van der Waals surface area contributed by atoms with Crippen molar-refractivity contribution in [3.63, 3.8) is 0 Å². The molecule has 4 rings (SSSR count). The van der Waals surface area contributed by atoms with Crippen LogP contribution in [0.15, 0.2) is 53.4 Å². The lowest BCUT2D eigenvalue weighted by Gasteiger charge is -2.44. The molecule has 0 aromatic heterocycles. The number of piperazine rings is 1. The highest BCUT2D eigenvalue weighted by Gasteiger charge is 2.44. The van der Waals surface area contributed by atoms with E-state index in [0.717, 1.165) is 16.2 Å². The van der Waals surface area contributed by atoms with E-state index in [1.807, 2.05) is 54.8 Å². The second-order valence-electron chi connectivity index (χ2n) is 8.21. The van der Waals surface area contributed by atoms with Gasteiger partial charge in [-0.2, -0.15) is 0 Å². The number of carbonyl (C=O) groups excluding carboxylic acids is 3. The summed E-state index contributed by atoms with van der Waals surface area (Å²) >= 11 is 1.60. The number of fused-ring (bicyclic) bond motifs is 1. The molecule has 2 heterocycles. The van der Waals surface area contributed by atoms with Crippen LogP contribution in [-0.2, 0) is 16.0 Å². The smallest absolute Gasteiger partial charge is 0.319 e. The molecule has 2 aromatic carbocycles. The van der Waals surface area contributed by atoms with Crippen molar-refractivity contribution < 1.29 is 19.1 Å². The Morgan fingerprint density at radius 2 is 2.00 bits per heavy atom. The van der Waals surface area contributed by atoms with Crippen molar-refractivity contribution in [2.75, 3.05) is 25.2 Å². The molecule has 2 aliphatic heterocycles. The number of nitrogens with zero attached hydrogens (tertiary/aromatic N) is 1. The number of amides is 4. The highest BCUT2D eigenvalue weighted by Crippen LogP contribution is 2.24. The average Bonchev–Trinajstić information content (AvgIpc) is 2.83. The summed E-state index contributed by atoms with van der Waals surface area (Å²) in [5, 5.41) is 8.67. The summed E-state index contributed by atoms with van der Waals surface area (Å²) in [7, 11) is 1.60. The zero-order valence-corrected chi connectivity index (χ0v) is 19.5. The minimum absolute atomic E-state index is 0.0767. The van der Waals surface area contributed by atoms with Crippen molar-refractivity contribution in [2.45, 2.75) is 42.3 Å². The summed E-state index contributed by atoms with van der Waals surface area (Å²) in [5.41, 5.74) is 1.66. The van der Waals surface area contributed by atoms with Gasteiger partial charge in [-0.25, -0.2) is 4.79 Å². The fourth-order valence-corrected chi connectivity index (χ4v) is 4.79. The quantitative estimate of drug-likeness (QED) is 0.566. The van der Waals surface area contributed by atoms with Crippen LogP contribution in [0.2, 0.25) is 0 Å². The molecule has 3 N–H and O–H groups in total. The van der Waals surface area contributed by atoms with Crippen LogP contribution >= 0.6 is 11.8 Å². The van der Waals surface area contributed by atoms with Gasteiger partial charge in [-0.1, -0.05) is 18.2 Å². The van der Waals surface area contributed by atoms with E-state index in [9.17, 15) is 14.4 Å². The SMILES string of the molecule is COc1ccc(CC2NC(=O)C3CC(NC(=O)Nc4cccc(SC)c4)CCN3C2=O)cc1. The molecule has 2 aromatic rings. The number of nitrogens with one attached hydrogen (secondary N) is 3. The Kier molecular flexibility index (Phi) is 7.08. The van der Waals surface area contributed by atoms with Crippen LogP contribution in [0.5, 0.6) is 5.75 Å². The van der Waals surface area contributed by atoms with Crippen LogP contribution in [-0.4, -0.2) is 60.8 Å². The molecule has 4 amide bonds. The Labute approximate surface area is 197 Å². The third kappa shape index (κ3) is 5.42. The van der Waals surface area contributed by atoms with E-state index >= 15 is 0 Å². The van der Waals surface area contributed by atoms with E-state index in [-0.39, 0.29) is 23.9 Å². The van der Waals surface area contributed by atoms with Crippen LogP contribution in [0.4, 0.5) is 10.5 Å². The summed E-state index contributed by atoms with van der Waals surface area (Å²) in [6.45, 7) is 0.433. The molecule has 3 unspecified atom stereocenters. The number of urea groups is 1. The molecule has 8 nitrogen and oxygen atoms in total. The van der Waals surface area contributed by atoms with E-state index in [1.54, 1.807) is 23.8 Å². The summed E-state index contributed by atoms with van der Waals surface area (Å²) in [5.74, 6) is 0.494. The minimum atomic E-state index is -0.585. The predicted molar refractivity (Wildman–Crippen MR) is 128 cm³/mol. The molecule has 3 atom stereocenters. The topological polar surface area (TPSA) is 99.8 Å². The first-order chi connectivity index (χ1) is 16.0. The van der Waals surface area contributed by atoms with Crippen molar-refractivity contribution in [1.82, 2.24) is 15.5 Å². The van der Waals surface area contributed by atoms with E-state index in [0.29, 0.717) is 31.5 Å². The highest BCUT2D eigenvalue weighted by atomic mass is 32.2. The van der Waals surface area contributed by atoms with Crippen LogP contribution in [0, 0.1) is 0 Å². The molecule has 0 aliphatic carbocycles. The van der Waals surface area contributed by atoms with Gasteiger partial charge in [-0.05, 0) is 55.0 Å². The van der Waals surface area contributed by atoms with E-state index in [4.69, 9.17) is 4.74 Å². The molecule has 2 aliphatic rings. The summed E-state index contributed by atoms with van der Waals surface area (Å²) in [4.78, 5) is 41.0. The molecule has 0 bridgehead atoms. The second kappa shape index (κ2) is 10.2. The summed E-state index contributed by atoms with van der Waals surface area (Å²) in [6, 6.07) is 13.4. The number of rotatable bonds is 6. The Balaban J connectivity index is 1.33. The highest BCUT2D eigenvalue weighted by molar-refractivity contribution is 7.98. The number of thioether (sulfide) groups is 1. The van der Waals surface area contributed by atoms with E-state index in [2.05, 4.69) is 16.0 Å². The monoisotopic (exact) mass is 468 g/mol. The number of carbonyl (C=O) groups is 3. The Morgan fingerprint density at radius 1 is 1.21 bits per heavy atom. The van der Waals surface area contributed by atoms with Crippen molar-refractivity contribution in [3.05, 3.63) is 54.1 Å². The maximum Gasteiger partial charge on any atom is 0.319 e.